The molecule has 2 rings (SSSR count). The van der Waals surface area contributed by atoms with Crippen molar-refractivity contribution >= 4 is 5.97 Å². The largest absolute Gasteiger partial charge is 0.493 e. The first-order chi connectivity index (χ1) is 8.65. The zero-order valence-electron chi connectivity index (χ0n) is 10.0. The van der Waals surface area contributed by atoms with Crippen LogP contribution in [0, 0.1) is 5.92 Å². The van der Waals surface area contributed by atoms with Crippen LogP contribution in [0.5, 0.6) is 17.2 Å². The number of aliphatic carboxylic acids is 1. The molecule has 1 aromatic carbocycles. The van der Waals surface area contributed by atoms with Crippen molar-refractivity contribution in [3.05, 3.63) is 17.7 Å². The molecule has 1 aliphatic rings. The summed E-state index contributed by atoms with van der Waals surface area (Å²) in [6.07, 6.45) is 0.332. The predicted molar refractivity (Wildman–Crippen MR) is 63.0 cm³/mol. The molecular formula is C12H15NO5. The van der Waals surface area contributed by atoms with Gasteiger partial charge in [-0.2, -0.15) is 0 Å². The zero-order valence-corrected chi connectivity index (χ0v) is 10.0. The molecule has 0 saturated heterocycles. The summed E-state index contributed by atoms with van der Waals surface area (Å²) < 4.78 is 15.7. The highest BCUT2D eigenvalue weighted by molar-refractivity contribution is 5.71. The first-order valence-electron chi connectivity index (χ1n) is 5.55. The molecule has 6 nitrogen and oxygen atoms in total. The lowest BCUT2D eigenvalue weighted by atomic mass is 9.99. The number of carboxylic acid groups (broad SMARTS) is 1. The lowest BCUT2D eigenvalue weighted by Gasteiger charge is -2.12. The van der Waals surface area contributed by atoms with Gasteiger partial charge in [-0.25, -0.2) is 0 Å². The quantitative estimate of drug-likeness (QED) is 0.799. The van der Waals surface area contributed by atoms with Gasteiger partial charge in [-0.1, -0.05) is 0 Å². The summed E-state index contributed by atoms with van der Waals surface area (Å²) in [5.74, 6) is 0.150. The maximum absolute atomic E-state index is 11.0. The van der Waals surface area contributed by atoms with E-state index in [4.69, 9.17) is 25.1 Å². The molecule has 0 spiro atoms. The first-order valence-corrected chi connectivity index (χ1v) is 5.55. The zero-order chi connectivity index (χ0) is 13.1. The van der Waals surface area contributed by atoms with Gasteiger partial charge in [0.2, 0.25) is 12.5 Å². The number of carboxylic acids is 1. The summed E-state index contributed by atoms with van der Waals surface area (Å²) >= 11 is 0. The highest BCUT2D eigenvalue weighted by Crippen LogP contribution is 2.42. The number of fused-ring (bicyclic) bond motifs is 1. The summed E-state index contributed by atoms with van der Waals surface area (Å²) in [4.78, 5) is 11.0. The van der Waals surface area contributed by atoms with Crippen molar-refractivity contribution in [1.29, 1.82) is 0 Å². The fourth-order valence-electron chi connectivity index (χ4n) is 1.86. The minimum Gasteiger partial charge on any atom is -0.493 e. The molecule has 0 fully saturated rings. The van der Waals surface area contributed by atoms with Crippen LogP contribution in [0.3, 0.4) is 0 Å². The molecule has 1 aliphatic heterocycles. The first kappa shape index (κ1) is 12.5. The molecular weight excluding hydrogens is 238 g/mol. The topological polar surface area (TPSA) is 91.0 Å². The number of methoxy groups -OCH3 is 1. The van der Waals surface area contributed by atoms with Gasteiger partial charge < -0.3 is 25.1 Å². The van der Waals surface area contributed by atoms with E-state index in [1.165, 1.54) is 7.11 Å². The molecule has 0 aliphatic carbocycles. The predicted octanol–water partition coefficient (Wildman–Crippen LogP) is 0.626. The Morgan fingerprint density at radius 3 is 2.94 bits per heavy atom. The number of benzene rings is 1. The van der Waals surface area contributed by atoms with Gasteiger partial charge in [0.05, 0.1) is 13.0 Å². The average molecular weight is 253 g/mol. The third-order valence-electron chi connectivity index (χ3n) is 2.83. The maximum atomic E-state index is 11.0. The van der Waals surface area contributed by atoms with Crippen LogP contribution in [0.15, 0.2) is 12.1 Å². The number of ether oxygens (including phenoxy) is 3. The van der Waals surface area contributed by atoms with Crippen LogP contribution in [0.4, 0.5) is 0 Å². The number of hydrogen-bond donors (Lipinski definition) is 2. The molecule has 6 heteroatoms. The molecule has 1 atom stereocenters. The van der Waals surface area contributed by atoms with Crippen molar-refractivity contribution in [3.63, 3.8) is 0 Å². The number of hydrogen-bond acceptors (Lipinski definition) is 5. The van der Waals surface area contributed by atoms with Crippen LogP contribution >= 0.6 is 0 Å². The Hall–Kier alpha value is -1.95. The summed E-state index contributed by atoms with van der Waals surface area (Å²) in [6, 6.07) is 3.51. The molecule has 0 amide bonds. The van der Waals surface area contributed by atoms with Gasteiger partial charge in [0.25, 0.3) is 0 Å². The fraction of sp³-hybridized carbons (Fsp3) is 0.417. The SMILES string of the molecule is COc1cc(CC(CN)C(=O)O)cc2c1OCO2. The van der Waals surface area contributed by atoms with Crippen molar-refractivity contribution < 1.29 is 24.1 Å². The van der Waals surface area contributed by atoms with E-state index >= 15 is 0 Å². The second-order valence-electron chi connectivity index (χ2n) is 4.01. The third kappa shape index (κ3) is 2.33. The molecule has 1 unspecified atom stereocenters. The highest BCUT2D eigenvalue weighted by atomic mass is 16.7. The van der Waals surface area contributed by atoms with Crippen LogP contribution in [0.2, 0.25) is 0 Å². The van der Waals surface area contributed by atoms with Gasteiger partial charge in [-0.05, 0) is 24.1 Å². The number of nitrogens with two attached hydrogens (primary N) is 1. The summed E-state index contributed by atoms with van der Waals surface area (Å²) in [7, 11) is 1.53. The summed E-state index contributed by atoms with van der Waals surface area (Å²) in [5, 5.41) is 8.99. The maximum Gasteiger partial charge on any atom is 0.308 e. The van der Waals surface area contributed by atoms with Gasteiger partial charge in [0.15, 0.2) is 11.5 Å². The Morgan fingerprint density at radius 2 is 2.33 bits per heavy atom. The van der Waals surface area contributed by atoms with E-state index < -0.39 is 11.9 Å². The van der Waals surface area contributed by atoms with Crippen LogP contribution < -0.4 is 19.9 Å². The van der Waals surface area contributed by atoms with E-state index in [9.17, 15) is 4.79 Å². The van der Waals surface area contributed by atoms with Gasteiger partial charge in [0.1, 0.15) is 0 Å². The van der Waals surface area contributed by atoms with Crippen molar-refractivity contribution in [2.75, 3.05) is 20.4 Å². The lowest BCUT2D eigenvalue weighted by Crippen LogP contribution is -2.25. The Bertz CT molecular complexity index is 460. The lowest BCUT2D eigenvalue weighted by molar-refractivity contribution is -0.141. The molecule has 98 valence electrons. The van der Waals surface area contributed by atoms with E-state index in [-0.39, 0.29) is 13.3 Å². The minimum atomic E-state index is -0.908. The number of carbonyl (C=O) groups is 1. The van der Waals surface area contributed by atoms with Gasteiger partial charge in [0, 0.05) is 6.54 Å². The minimum absolute atomic E-state index is 0.0894. The van der Waals surface area contributed by atoms with Crippen molar-refractivity contribution in [2.45, 2.75) is 6.42 Å². The second kappa shape index (κ2) is 5.14. The van der Waals surface area contributed by atoms with E-state index in [2.05, 4.69) is 0 Å². The normalized spacial score (nSPS) is 14.3. The smallest absolute Gasteiger partial charge is 0.308 e. The van der Waals surface area contributed by atoms with Crippen LogP contribution in [-0.4, -0.2) is 31.5 Å². The van der Waals surface area contributed by atoms with Crippen LogP contribution in [0.1, 0.15) is 5.56 Å². The van der Waals surface area contributed by atoms with Crippen molar-refractivity contribution in [2.24, 2.45) is 11.7 Å². The van der Waals surface area contributed by atoms with Crippen molar-refractivity contribution in [1.82, 2.24) is 0 Å². The van der Waals surface area contributed by atoms with E-state index in [0.29, 0.717) is 23.7 Å². The summed E-state index contributed by atoms with van der Waals surface area (Å²) in [6.45, 7) is 0.237. The van der Waals surface area contributed by atoms with Gasteiger partial charge in [-0.15, -0.1) is 0 Å². The van der Waals surface area contributed by atoms with E-state index in [0.717, 1.165) is 5.56 Å². The second-order valence-corrected chi connectivity index (χ2v) is 4.01. The molecule has 1 heterocycles. The monoisotopic (exact) mass is 253 g/mol. The Kier molecular flexibility index (Phi) is 3.57. The highest BCUT2D eigenvalue weighted by Gasteiger charge is 2.22. The number of rotatable bonds is 5. The summed E-state index contributed by atoms with van der Waals surface area (Å²) in [5.41, 5.74) is 6.24. The average Bonchev–Trinajstić information content (AvgIpc) is 2.82. The van der Waals surface area contributed by atoms with E-state index in [1.807, 2.05) is 0 Å². The van der Waals surface area contributed by atoms with Crippen LogP contribution in [0.25, 0.3) is 0 Å². The molecule has 0 bridgehead atoms. The fourth-order valence-corrected chi connectivity index (χ4v) is 1.86. The van der Waals surface area contributed by atoms with E-state index in [1.54, 1.807) is 12.1 Å². The van der Waals surface area contributed by atoms with Gasteiger partial charge >= 0.3 is 5.97 Å². The Labute approximate surface area is 104 Å². The molecule has 18 heavy (non-hydrogen) atoms. The Morgan fingerprint density at radius 1 is 1.56 bits per heavy atom. The molecule has 0 saturated carbocycles. The molecule has 3 N–H and O–H groups in total. The van der Waals surface area contributed by atoms with Crippen molar-refractivity contribution in [3.8, 4) is 17.2 Å². The Balaban J connectivity index is 2.26. The molecule has 0 aromatic heterocycles. The third-order valence-corrected chi connectivity index (χ3v) is 2.83. The molecule has 1 aromatic rings. The standard InChI is InChI=1S/C12H15NO5/c1-16-9-3-7(2-8(5-13)12(14)15)4-10-11(9)18-6-17-10/h3-4,8H,2,5-6,13H2,1H3,(H,14,15). The van der Waals surface area contributed by atoms with Crippen LogP contribution in [-0.2, 0) is 11.2 Å². The van der Waals surface area contributed by atoms with Gasteiger partial charge in [-0.3, -0.25) is 4.79 Å². The molecule has 0 radical (unpaired) electrons.